The van der Waals surface area contributed by atoms with E-state index in [-0.39, 0.29) is 5.75 Å². The van der Waals surface area contributed by atoms with Crippen molar-refractivity contribution in [2.45, 2.75) is 5.88 Å². The Hall–Kier alpha value is -1.06. The van der Waals surface area contributed by atoms with Gasteiger partial charge in [0.15, 0.2) is 6.29 Å². The third-order valence-corrected chi connectivity index (χ3v) is 3.36. The quantitative estimate of drug-likeness (QED) is 0.631. The number of phenolic OH excluding ortho intramolecular Hbond substituents is 1. The van der Waals surface area contributed by atoms with Gasteiger partial charge in [0.2, 0.25) is 0 Å². The van der Waals surface area contributed by atoms with Gasteiger partial charge in [0, 0.05) is 16.0 Å². The highest BCUT2D eigenvalue weighted by Crippen LogP contribution is 2.35. The van der Waals surface area contributed by atoms with Crippen molar-refractivity contribution in [2.24, 2.45) is 0 Å². The Labute approximate surface area is 89.7 Å². The van der Waals surface area contributed by atoms with E-state index in [0.717, 1.165) is 10.3 Å². The summed E-state index contributed by atoms with van der Waals surface area (Å²) in [5.74, 6) is 0.392. The van der Waals surface area contributed by atoms with Gasteiger partial charge < -0.3 is 5.11 Å². The summed E-state index contributed by atoms with van der Waals surface area (Å²) in [5.41, 5.74) is 1.18. The summed E-state index contributed by atoms with van der Waals surface area (Å²) in [6.07, 6.45) is 0.641. The average Bonchev–Trinajstić information content (AvgIpc) is 2.68. The van der Waals surface area contributed by atoms with E-state index in [9.17, 15) is 9.90 Å². The highest BCUT2D eigenvalue weighted by Gasteiger charge is 2.11. The van der Waals surface area contributed by atoms with E-state index >= 15 is 0 Å². The van der Waals surface area contributed by atoms with Crippen LogP contribution in [0.5, 0.6) is 5.75 Å². The van der Waals surface area contributed by atoms with Crippen LogP contribution in [0, 0.1) is 0 Å². The van der Waals surface area contributed by atoms with Crippen molar-refractivity contribution in [3.05, 3.63) is 28.6 Å². The Bertz CT molecular complexity index is 490. The second-order valence-corrected chi connectivity index (χ2v) is 4.07. The van der Waals surface area contributed by atoms with E-state index in [4.69, 9.17) is 11.6 Å². The summed E-state index contributed by atoms with van der Waals surface area (Å²) in [5, 5.41) is 12.3. The molecule has 0 spiro atoms. The predicted octanol–water partition coefficient (Wildman–Crippen LogP) is 3.16. The zero-order valence-electron chi connectivity index (χ0n) is 7.16. The van der Waals surface area contributed by atoms with Crippen molar-refractivity contribution in [2.75, 3.05) is 0 Å². The molecule has 4 heteroatoms. The van der Waals surface area contributed by atoms with Crippen LogP contribution in [0.1, 0.15) is 15.9 Å². The molecule has 14 heavy (non-hydrogen) atoms. The fraction of sp³-hybridized carbons (Fsp3) is 0.100. The SMILES string of the molecule is O=Cc1cc(CCl)c2sccc2c1O. The Morgan fingerprint density at radius 1 is 1.57 bits per heavy atom. The first-order valence-corrected chi connectivity index (χ1v) is 5.42. The fourth-order valence-electron chi connectivity index (χ4n) is 1.41. The normalized spacial score (nSPS) is 10.6. The molecule has 2 rings (SSSR count). The van der Waals surface area contributed by atoms with E-state index in [1.807, 2.05) is 5.38 Å². The first-order valence-electron chi connectivity index (χ1n) is 4.01. The standard InChI is InChI=1S/C10H7ClO2S/c11-4-6-3-7(5-12)9(13)8-1-2-14-10(6)8/h1-3,5,13H,4H2. The number of benzene rings is 1. The van der Waals surface area contributed by atoms with E-state index < -0.39 is 0 Å². The smallest absolute Gasteiger partial charge is 0.153 e. The maximum atomic E-state index is 10.7. The lowest BCUT2D eigenvalue weighted by atomic mass is 10.1. The van der Waals surface area contributed by atoms with Crippen LogP contribution in [-0.2, 0) is 5.88 Å². The van der Waals surface area contributed by atoms with Gasteiger partial charge in [-0.25, -0.2) is 0 Å². The highest BCUT2D eigenvalue weighted by atomic mass is 35.5. The number of rotatable bonds is 2. The van der Waals surface area contributed by atoms with Crippen LogP contribution < -0.4 is 0 Å². The third-order valence-electron chi connectivity index (χ3n) is 2.09. The second kappa shape index (κ2) is 3.59. The molecule has 0 unspecified atom stereocenters. The number of alkyl halides is 1. The van der Waals surface area contributed by atoms with Crippen LogP contribution in [-0.4, -0.2) is 11.4 Å². The predicted molar refractivity (Wildman–Crippen MR) is 58.4 cm³/mol. The van der Waals surface area contributed by atoms with E-state index in [0.29, 0.717) is 23.1 Å². The van der Waals surface area contributed by atoms with Gasteiger partial charge in [0.05, 0.1) is 5.56 Å². The Morgan fingerprint density at radius 3 is 3.00 bits per heavy atom. The number of carbonyl (C=O) groups is 1. The molecule has 0 amide bonds. The number of phenols is 1. The van der Waals surface area contributed by atoms with Crippen LogP contribution in [0.15, 0.2) is 17.5 Å². The molecule has 1 N–H and O–H groups in total. The topological polar surface area (TPSA) is 37.3 Å². The molecule has 0 atom stereocenters. The van der Waals surface area contributed by atoms with E-state index in [1.54, 1.807) is 12.1 Å². The summed E-state index contributed by atoms with van der Waals surface area (Å²) < 4.78 is 0.947. The lowest BCUT2D eigenvalue weighted by Gasteiger charge is -2.03. The zero-order chi connectivity index (χ0) is 10.1. The van der Waals surface area contributed by atoms with Crippen LogP contribution in [0.25, 0.3) is 10.1 Å². The molecule has 0 aliphatic rings. The molecule has 72 valence electrons. The van der Waals surface area contributed by atoms with Gasteiger partial charge in [-0.3, -0.25) is 4.79 Å². The first kappa shape index (κ1) is 9.49. The van der Waals surface area contributed by atoms with Gasteiger partial charge in [-0.1, -0.05) is 0 Å². The molecular weight excluding hydrogens is 220 g/mol. The number of thiophene rings is 1. The van der Waals surface area contributed by atoms with Crippen molar-refractivity contribution in [3.63, 3.8) is 0 Å². The maximum Gasteiger partial charge on any atom is 0.153 e. The third kappa shape index (κ3) is 1.29. The molecule has 0 fully saturated rings. The highest BCUT2D eigenvalue weighted by molar-refractivity contribution is 7.17. The van der Waals surface area contributed by atoms with Crippen molar-refractivity contribution < 1.29 is 9.90 Å². The zero-order valence-corrected chi connectivity index (χ0v) is 8.73. The molecule has 0 radical (unpaired) electrons. The van der Waals surface area contributed by atoms with E-state index in [1.165, 1.54) is 11.3 Å². The summed E-state index contributed by atoms with van der Waals surface area (Å²) >= 11 is 7.26. The van der Waals surface area contributed by atoms with Gasteiger partial charge in [-0.05, 0) is 23.1 Å². The average molecular weight is 227 g/mol. The number of carbonyl (C=O) groups excluding carboxylic acids is 1. The van der Waals surface area contributed by atoms with Gasteiger partial charge >= 0.3 is 0 Å². The van der Waals surface area contributed by atoms with Crippen LogP contribution in [0.3, 0.4) is 0 Å². The lowest BCUT2D eigenvalue weighted by Crippen LogP contribution is -1.86. The lowest BCUT2D eigenvalue weighted by molar-refractivity contribution is 0.112. The Morgan fingerprint density at radius 2 is 2.36 bits per heavy atom. The number of aldehydes is 1. The van der Waals surface area contributed by atoms with Crippen molar-refractivity contribution >= 4 is 39.3 Å². The molecule has 0 aliphatic heterocycles. The molecular formula is C10H7ClO2S. The number of fused-ring (bicyclic) bond motifs is 1. The minimum Gasteiger partial charge on any atom is -0.507 e. The fourth-order valence-corrected chi connectivity index (χ4v) is 2.61. The molecule has 0 aliphatic carbocycles. The minimum absolute atomic E-state index is 0.0464. The second-order valence-electron chi connectivity index (χ2n) is 2.89. The van der Waals surface area contributed by atoms with Crippen LogP contribution in [0.2, 0.25) is 0 Å². The van der Waals surface area contributed by atoms with Gasteiger partial charge in [-0.2, -0.15) is 0 Å². The summed E-state index contributed by atoms with van der Waals surface area (Å²) in [6, 6.07) is 3.42. The first-order chi connectivity index (χ1) is 6.77. The van der Waals surface area contributed by atoms with Crippen molar-refractivity contribution in [1.82, 2.24) is 0 Å². The van der Waals surface area contributed by atoms with Crippen LogP contribution in [0.4, 0.5) is 0 Å². The number of hydrogen-bond acceptors (Lipinski definition) is 3. The van der Waals surface area contributed by atoms with Gasteiger partial charge in [0.25, 0.3) is 0 Å². The van der Waals surface area contributed by atoms with Crippen molar-refractivity contribution in [1.29, 1.82) is 0 Å². The Kier molecular flexibility index (Phi) is 2.44. The summed E-state index contributed by atoms with van der Waals surface area (Å²) in [6.45, 7) is 0. The number of hydrogen-bond donors (Lipinski definition) is 1. The summed E-state index contributed by atoms with van der Waals surface area (Å²) in [4.78, 5) is 10.7. The molecule has 1 aromatic carbocycles. The number of aromatic hydroxyl groups is 1. The molecule has 0 bridgehead atoms. The monoisotopic (exact) mass is 226 g/mol. The molecule has 0 saturated carbocycles. The minimum atomic E-state index is 0.0464. The van der Waals surface area contributed by atoms with Crippen LogP contribution >= 0.6 is 22.9 Å². The maximum absolute atomic E-state index is 10.7. The molecule has 1 heterocycles. The molecule has 2 aromatic rings. The number of halogens is 1. The molecule has 0 saturated heterocycles. The van der Waals surface area contributed by atoms with E-state index in [2.05, 4.69) is 0 Å². The Balaban J connectivity index is 2.86. The van der Waals surface area contributed by atoms with Gasteiger partial charge in [0.1, 0.15) is 5.75 Å². The molecule has 1 aromatic heterocycles. The van der Waals surface area contributed by atoms with Gasteiger partial charge in [-0.15, -0.1) is 22.9 Å². The summed E-state index contributed by atoms with van der Waals surface area (Å²) in [7, 11) is 0. The molecule has 2 nitrogen and oxygen atoms in total. The van der Waals surface area contributed by atoms with Crippen molar-refractivity contribution in [3.8, 4) is 5.75 Å². The largest absolute Gasteiger partial charge is 0.507 e.